The van der Waals surface area contributed by atoms with Gasteiger partial charge in [0.25, 0.3) is 0 Å². The van der Waals surface area contributed by atoms with Crippen molar-refractivity contribution in [1.29, 1.82) is 0 Å². The Bertz CT molecular complexity index is 554. The lowest BCUT2D eigenvalue weighted by atomic mass is 10.1. The number of rotatable bonds is 3. The van der Waals surface area contributed by atoms with E-state index < -0.39 is 0 Å². The lowest BCUT2D eigenvalue weighted by Gasteiger charge is -2.17. The van der Waals surface area contributed by atoms with Crippen molar-refractivity contribution < 1.29 is 4.39 Å². The van der Waals surface area contributed by atoms with Crippen LogP contribution in [0, 0.1) is 5.82 Å². The Kier molecular flexibility index (Phi) is 3.75. The standard InChI is InChI=1S/C13H16ClFN4/c1-13(2,3)19-8-9(17-18-19)7-16-12-10(14)5-4-6-11(12)15/h4-6,8,16H,7H2,1-3H3. The first-order valence-corrected chi connectivity index (χ1v) is 6.35. The summed E-state index contributed by atoms with van der Waals surface area (Å²) in [6.07, 6.45) is 1.84. The zero-order valence-corrected chi connectivity index (χ0v) is 11.9. The van der Waals surface area contributed by atoms with Gasteiger partial charge in [0.1, 0.15) is 11.5 Å². The van der Waals surface area contributed by atoms with Crippen molar-refractivity contribution in [3.63, 3.8) is 0 Å². The smallest absolute Gasteiger partial charge is 0.147 e. The summed E-state index contributed by atoms with van der Waals surface area (Å²) in [5, 5.41) is 11.4. The molecule has 0 atom stereocenters. The van der Waals surface area contributed by atoms with Gasteiger partial charge in [-0.15, -0.1) is 5.10 Å². The summed E-state index contributed by atoms with van der Waals surface area (Å²) in [4.78, 5) is 0. The van der Waals surface area contributed by atoms with E-state index in [1.54, 1.807) is 16.8 Å². The van der Waals surface area contributed by atoms with E-state index in [4.69, 9.17) is 11.6 Å². The number of benzene rings is 1. The molecule has 0 aliphatic carbocycles. The van der Waals surface area contributed by atoms with Crippen LogP contribution >= 0.6 is 11.6 Å². The van der Waals surface area contributed by atoms with Crippen molar-refractivity contribution >= 4 is 17.3 Å². The number of hydrogen-bond acceptors (Lipinski definition) is 3. The Morgan fingerprint density at radius 2 is 2.11 bits per heavy atom. The van der Waals surface area contributed by atoms with E-state index in [9.17, 15) is 4.39 Å². The predicted molar refractivity (Wildman–Crippen MR) is 73.8 cm³/mol. The quantitative estimate of drug-likeness (QED) is 0.938. The van der Waals surface area contributed by atoms with Crippen LogP contribution in [0.2, 0.25) is 5.02 Å². The molecule has 0 spiro atoms. The Morgan fingerprint density at radius 3 is 2.68 bits per heavy atom. The van der Waals surface area contributed by atoms with Crippen LogP contribution in [0.4, 0.5) is 10.1 Å². The SMILES string of the molecule is CC(C)(C)n1cc(CNc2c(F)cccc2Cl)nn1. The average Bonchev–Trinajstić information content (AvgIpc) is 2.77. The molecule has 0 saturated heterocycles. The van der Waals surface area contributed by atoms with Crippen LogP contribution in [0.15, 0.2) is 24.4 Å². The number of aromatic nitrogens is 3. The molecule has 0 amide bonds. The molecule has 2 rings (SSSR count). The highest BCUT2D eigenvalue weighted by Crippen LogP contribution is 2.25. The number of anilines is 1. The Labute approximate surface area is 116 Å². The van der Waals surface area contributed by atoms with E-state index in [0.717, 1.165) is 5.69 Å². The predicted octanol–water partition coefficient (Wildman–Crippen LogP) is 3.44. The number of para-hydroxylation sites is 1. The fourth-order valence-electron chi connectivity index (χ4n) is 1.55. The fraction of sp³-hybridized carbons (Fsp3) is 0.385. The molecular weight excluding hydrogens is 267 g/mol. The summed E-state index contributed by atoms with van der Waals surface area (Å²) < 4.78 is 15.3. The summed E-state index contributed by atoms with van der Waals surface area (Å²) in [6, 6.07) is 4.57. The van der Waals surface area contributed by atoms with E-state index in [0.29, 0.717) is 11.6 Å². The normalized spacial score (nSPS) is 11.6. The Balaban J connectivity index is 2.09. The highest BCUT2D eigenvalue weighted by atomic mass is 35.5. The topological polar surface area (TPSA) is 42.7 Å². The van der Waals surface area contributed by atoms with Gasteiger partial charge < -0.3 is 5.32 Å². The molecule has 0 aliphatic rings. The van der Waals surface area contributed by atoms with E-state index >= 15 is 0 Å². The second-order valence-corrected chi connectivity index (χ2v) is 5.68. The first-order chi connectivity index (χ1) is 8.88. The van der Waals surface area contributed by atoms with Crippen LogP contribution in [0.25, 0.3) is 0 Å². The van der Waals surface area contributed by atoms with Crippen LogP contribution in [-0.4, -0.2) is 15.0 Å². The van der Waals surface area contributed by atoms with Gasteiger partial charge in [0, 0.05) is 0 Å². The lowest BCUT2D eigenvalue weighted by Crippen LogP contribution is -2.22. The molecule has 19 heavy (non-hydrogen) atoms. The largest absolute Gasteiger partial charge is 0.376 e. The third kappa shape index (κ3) is 3.23. The van der Waals surface area contributed by atoms with Gasteiger partial charge in [0.05, 0.1) is 29.0 Å². The molecular formula is C13H16ClFN4. The molecule has 0 aliphatic heterocycles. The Hall–Kier alpha value is -1.62. The monoisotopic (exact) mass is 282 g/mol. The minimum Gasteiger partial charge on any atom is -0.376 e. The van der Waals surface area contributed by atoms with Crippen LogP contribution in [-0.2, 0) is 12.1 Å². The van der Waals surface area contributed by atoms with Gasteiger partial charge in [-0.2, -0.15) is 0 Å². The summed E-state index contributed by atoms with van der Waals surface area (Å²) in [6.45, 7) is 6.47. The van der Waals surface area contributed by atoms with Crippen molar-refractivity contribution in [1.82, 2.24) is 15.0 Å². The summed E-state index contributed by atoms with van der Waals surface area (Å²) in [5.74, 6) is -0.379. The molecule has 6 heteroatoms. The molecule has 0 saturated carbocycles. The van der Waals surface area contributed by atoms with Crippen molar-refractivity contribution in [3.8, 4) is 0 Å². The molecule has 1 heterocycles. The van der Waals surface area contributed by atoms with Gasteiger partial charge in [-0.05, 0) is 32.9 Å². The number of halogens is 2. The van der Waals surface area contributed by atoms with Gasteiger partial charge in [-0.25, -0.2) is 9.07 Å². The van der Waals surface area contributed by atoms with Crippen molar-refractivity contribution in [3.05, 3.63) is 40.9 Å². The number of nitrogens with zero attached hydrogens (tertiary/aromatic N) is 3. The second kappa shape index (κ2) is 5.17. The lowest BCUT2D eigenvalue weighted by molar-refractivity contribution is 0.347. The van der Waals surface area contributed by atoms with Crippen molar-refractivity contribution in [2.75, 3.05) is 5.32 Å². The highest BCUT2D eigenvalue weighted by Gasteiger charge is 2.15. The van der Waals surface area contributed by atoms with Crippen LogP contribution in [0.5, 0.6) is 0 Å². The average molecular weight is 283 g/mol. The van der Waals surface area contributed by atoms with E-state index in [1.807, 2.05) is 27.0 Å². The molecule has 0 unspecified atom stereocenters. The zero-order valence-electron chi connectivity index (χ0n) is 11.1. The molecule has 0 fully saturated rings. The maximum atomic E-state index is 13.6. The second-order valence-electron chi connectivity index (χ2n) is 5.28. The summed E-state index contributed by atoms with van der Waals surface area (Å²) >= 11 is 5.93. The van der Waals surface area contributed by atoms with Gasteiger partial charge in [0.15, 0.2) is 0 Å². The molecule has 0 radical (unpaired) electrons. The van der Waals surface area contributed by atoms with Crippen LogP contribution in [0.1, 0.15) is 26.5 Å². The number of nitrogens with one attached hydrogen (secondary N) is 1. The van der Waals surface area contributed by atoms with E-state index in [2.05, 4.69) is 15.6 Å². The van der Waals surface area contributed by atoms with Crippen LogP contribution in [0.3, 0.4) is 0 Å². The molecule has 1 aromatic heterocycles. The van der Waals surface area contributed by atoms with Gasteiger partial charge in [0.2, 0.25) is 0 Å². The van der Waals surface area contributed by atoms with E-state index in [1.165, 1.54) is 6.07 Å². The maximum absolute atomic E-state index is 13.6. The Morgan fingerprint density at radius 1 is 1.37 bits per heavy atom. The van der Waals surface area contributed by atoms with Crippen LogP contribution < -0.4 is 5.32 Å². The van der Waals surface area contributed by atoms with Gasteiger partial charge in [-0.1, -0.05) is 22.9 Å². The minimum atomic E-state index is -0.379. The summed E-state index contributed by atoms with van der Waals surface area (Å²) in [7, 11) is 0. The van der Waals surface area contributed by atoms with Crippen molar-refractivity contribution in [2.45, 2.75) is 32.9 Å². The van der Waals surface area contributed by atoms with Gasteiger partial charge >= 0.3 is 0 Å². The molecule has 0 bridgehead atoms. The first kappa shape index (κ1) is 13.8. The fourth-order valence-corrected chi connectivity index (χ4v) is 1.78. The minimum absolute atomic E-state index is 0.124. The summed E-state index contributed by atoms with van der Waals surface area (Å²) in [5.41, 5.74) is 0.893. The van der Waals surface area contributed by atoms with E-state index in [-0.39, 0.29) is 17.0 Å². The van der Waals surface area contributed by atoms with Gasteiger partial charge in [-0.3, -0.25) is 0 Å². The third-order valence-electron chi connectivity index (χ3n) is 2.64. The maximum Gasteiger partial charge on any atom is 0.147 e. The molecule has 4 nitrogen and oxygen atoms in total. The van der Waals surface area contributed by atoms with Crippen molar-refractivity contribution in [2.24, 2.45) is 0 Å². The molecule has 1 aromatic carbocycles. The number of hydrogen-bond donors (Lipinski definition) is 1. The molecule has 102 valence electrons. The highest BCUT2D eigenvalue weighted by molar-refractivity contribution is 6.33. The molecule has 1 N–H and O–H groups in total. The third-order valence-corrected chi connectivity index (χ3v) is 2.95. The first-order valence-electron chi connectivity index (χ1n) is 5.97. The zero-order chi connectivity index (χ0) is 14.0. The molecule has 2 aromatic rings.